The van der Waals surface area contributed by atoms with Crippen molar-refractivity contribution in [3.8, 4) is 11.5 Å². The Labute approximate surface area is 152 Å². The molecule has 2 aromatic heterocycles. The van der Waals surface area contributed by atoms with E-state index in [0.717, 1.165) is 35.6 Å². The molecule has 134 valence electrons. The van der Waals surface area contributed by atoms with E-state index in [2.05, 4.69) is 20.5 Å². The molecule has 1 aromatic carbocycles. The number of hydrogen-bond acceptors (Lipinski definition) is 5. The van der Waals surface area contributed by atoms with Gasteiger partial charge in [-0.3, -0.25) is 4.79 Å². The molecule has 3 aromatic rings. The molecule has 1 fully saturated rings. The fraction of sp³-hybridized carbons (Fsp3) is 0.368. The molecule has 0 saturated carbocycles. The summed E-state index contributed by atoms with van der Waals surface area (Å²) in [6.45, 7) is 4.83. The number of hydrogen-bond donors (Lipinski definition) is 0. The minimum Gasteiger partial charge on any atom is -0.339 e. The highest BCUT2D eigenvalue weighted by atomic mass is 16.2. The van der Waals surface area contributed by atoms with Gasteiger partial charge in [0.1, 0.15) is 5.69 Å². The van der Waals surface area contributed by atoms with Gasteiger partial charge >= 0.3 is 0 Å². The van der Waals surface area contributed by atoms with Gasteiger partial charge in [0.25, 0.3) is 0 Å². The van der Waals surface area contributed by atoms with Gasteiger partial charge in [-0.05, 0) is 18.2 Å². The van der Waals surface area contributed by atoms with Crippen LogP contribution in [0.3, 0.4) is 0 Å². The van der Waals surface area contributed by atoms with Crippen molar-refractivity contribution >= 4 is 22.9 Å². The lowest BCUT2D eigenvalue weighted by Crippen LogP contribution is -2.49. The van der Waals surface area contributed by atoms with Gasteiger partial charge in [-0.25, -0.2) is 15.0 Å². The zero-order valence-electron chi connectivity index (χ0n) is 15.1. The molecule has 0 bridgehead atoms. The first-order valence-electron chi connectivity index (χ1n) is 8.95. The topological polar surface area (TPSA) is 67.2 Å². The maximum Gasteiger partial charge on any atom is 0.226 e. The summed E-state index contributed by atoms with van der Waals surface area (Å²) in [4.78, 5) is 29.8. The highest BCUT2D eigenvalue weighted by molar-refractivity contribution is 5.80. The Morgan fingerprint density at radius 1 is 1.08 bits per heavy atom. The van der Waals surface area contributed by atoms with Crippen LogP contribution in [0.1, 0.15) is 13.3 Å². The number of nitrogens with zero attached hydrogens (tertiary/aromatic N) is 6. The second-order valence-electron chi connectivity index (χ2n) is 6.45. The van der Waals surface area contributed by atoms with E-state index in [-0.39, 0.29) is 5.91 Å². The van der Waals surface area contributed by atoms with Crippen LogP contribution in [0.5, 0.6) is 0 Å². The molecule has 0 N–H and O–H groups in total. The van der Waals surface area contributed by atoms with Crippen molar-refractivity contribution in [3.63, 3.8) is 0 Å². The fourth-order valence-corrected chi connectivity index (χ4v) is 3.38. The Morgan fingerprint density at radius 3 is 2.58 bits per heavy atom. The van der Waals surface area contributed by atoms with Crippen LogP contribution in [0.4, 0.5) is 5.95 Å². The Balaban J connectivity index is 1.59. The molecule has 3 heterocycles. The number of carbonyl (C=O) groups is 1. The molecule has 4 rings (SSSR count). The largest absolute Gasteiger partial charge is 0.339 e. The van der Waals surface area contributed by atoms with E-state index in [0.29, 0.717) is 25.5 Å². The van der Waals surface area contributed by atoms with Crippen molar-refractivity contribution in [1.29, 1.82) is 0 Å². The van der Waals surface area contributed by atoms with E-state index in [9.17, 15) is 4.79 Å². The normalized spacial score (nSPS) is 14.8. The maximum absolute atomic E-state index is 11.8. The molecule has 0 aliphatic carbocycles. The second kappa shape index (κ2) is 6.74. The molecule has 1 aliphatic rings. The van der Waals surface area contributed by atoms with E-state index < -0.39 is 0 Å². The van der Waals surface area contributed by atoms with E-state index in [1.165, 1.54) is 0 Å². The van der Waals surface area contributed by atoms with Crippen molar-refractivity contribution in [1.82, 2.24) is 24.4 Å². The van der Waals surface area contributed by atoms with Crippen LogP contribution in [0, 0.1) is 0 Å². The van der Waals surface area contributed by atoms with Crippen LogP contribution in [0.2, 0.25) is 0 Å². The molecule has 1 amide bonds. The molecule has 0 unspecified atom stereocenters. The number of amides is 1. The lowest BCUT2D eigenvalue weighted by atomic mass is 10.3. The average Bonchev–Trinajstić information content (AvgIpc) is 3.04. The van der Waals surface area contributed by atoms with E-state index in [1.807, 2.05) is 43.1 Å². The van der Waals surface area contributed by atoms with Gasteiger partial charge in [0.05, 0.1) is 11.0 Å². The number of anilines is 1. The Hall–Kier alpha value is -2.96. The van der Waals surface area contributed by atoms with Crippen molar-refractivity contribution in [3.05, 3.63) is 36.5 Å². The van der Waals surface area contributed by atoms with Crippen LogP contribution in [-0.4, -0.2) is 56.5 Å². The molecule has 26 heavy (non-hydrogen) atoms. The maximum atomic E-state index is 11.8. The first-order valence-corrected chi connectivity index (χ1v) is 8.95. The molecule has 1 aliphatic heterocycles. The zero-order chi connectivity index (χ0) is 18.1. The molecule has 7 heteroatoms. The summed E-state index contributed by atoms with van der Waals surface area (Å²) in [5.41, 5.74) is 2.84. The third kappa shape index (κ3) is 2.89. The standard InChI is InChI=1S/C19H22N6O/c1-3-17(26)24-10-12-25(13-11-24)19-20-9-8-15(22-19)18-21-14-6-4-5-7-16(14)23(18)2/h4-9H,3,10-13H2,1-2H3. The Kier molecular flexibility index (Phi) is 4.28. The number of benzene rings is 1. The van der Waals surface area contributed by atoms with Crippen LogP contribution in [-0.2, 0) is 11.8 Å². The minimum atomic E-state index is 0.207. The molecule has 1 saturated heterocycles. The van der Waals surface area contributed by atoms with Gasteiger partial charge in [-0.2, -0.15) is 0 Å². The summed E-state index contributed by atoms with van der Waals surface area (Å²) < 4.78 is 2.05. The number of para-hydroxylation sites is 2. The van der Waals surface area contributed by atoms with Crippen LogP contribution < -0.4 is 4.90 Å². The summed E-state index contributed by atoms with van der Waals surface area (Å²) in [6, 6.07) is 9.95. The monoisotopic (exact) mass is 350 g/mol. The lowest BCUT2D eigenvalue weighted by molar-refractivity contribution is -0.131. The molecule has 7 nitrogen and oxygen atoms in total. The summed E-state index contributed by atoms with van der Waals surface area (Å²) in [5.74, 6) is 1.73. The van der Waals surface area contributed by atoms with E-state index in [4.69, 9.17) is 9.97 Å². The van der Waals surface area contributed by atoms with Gasteiger partial charge in [0.2, 0.25) is 11.9 Å². The third-order valence-corrected chi connectivity index (χ3v) is 4.88. The molecule has 0 spiro atoms. The molecule has 0 atom stereocenters. The van der Waals surface area contributed by atoms with Gasteiger partial charge in [-0.1, -0.05) is 19.1 Å². The SMILES string of the molecule is CCC(=O)N1CCN(c2nccc(-c3nc4ccccc4n3C)n2)CC1. The highest BCUT2D eigenvalue weighted by Crippen LogP contribution is 2.23. The van der Waals surface area contributed by atoms with Crippen molar-refractivity contribution in [2.45, 2.75) is 13.3 Å². The first kappa shape index (κ1) is 16.5. The molecular weight excluding hydrogens is 328 g/mol. The van der Waals surface area contributed by atoms with Crippen molar-refractivity contribution in [2.24, 2.45) is 7.05 Å². The van der Waals surface area contributed by atoms with Gasteiger partial charge in [-0.15, -0.1) is 0 Å². The number of aromatic nitrogens is 4. The number of rotatable bonds is 3. The number of aryl methyl sites for hydroxylation is 1. The second-order valence-corrected chi connectivity index (χ2v) is 6.45. The first-order chi connectivity index (χ1) is 12.7. The number of imidazole rings is 1. The minimum absolute atomic E-state index is 0.207. The number of piperazine rings is 1. The summed E-state index contributed by atoms with van der Waals surface area (Å²) in [5, 5.41) is 0. The summed E-state index contributed by atoms with van der Waals surface area (Å²) in [7, 11) is 2.00. The predicted molar refractivity (Wildman–Crippen MR) is 101 cm³/mol. The summed E-state index contributed by atoms with van der Waals surface area (Å²) >= 11 is 0. The van der Waals surface area contributed by atoms with E-state index >= 15 is 0 Å². The van der Waals surface area contributed by atoms with Crippen LogP contribution >= 0.6 is 0 Å². The van der Waals surface area contributed by atoms with Gasteiger partial charge < -0.3 is 14.4 Å². The van der Waals surface area contributed by atoms with Crippen molar-refractivity contribution in [2.75, 3.05) is 31.1 Å². The highest BCUT2D eigenvalue weighted by Gasteiger charge is 2.22. The lowest BCUT2D eigenvalue weighted by Gasteiger charge is -2.34. The van der Waals surface area contributed by atoms with Crippen molar-refractivity contribution < 1.29 is 4.79 Å². The molecule has 0 radical (unpaired) electrons. The number of fused-ring (bicyclic) bond motifs is 1. The zero-order valence-corrected chi connectivity index (χ0v) is 15.1. The van der Waals surface area contributed by atoms with Crippen LogP contribution in [0.25, 0.3) is 22.6 Å². The van der Waals surface area contributed by atoms with Crippen LogP contribution in [0.15, 0.2) is 36.5 Å². The fourth-order valence-electron chi connectivity index (χ4n) is 3.38. The molecular formula is C19H22N6O. The van der Waals surface area contributed by atoms with Gasteiger partial charge in [0, 0.05) is 45.8 Å². The quantitative estimate of drug-likeness (QED) is 0.724. The average molecular weight is 350 g/mol. The Bertz CT molecular complexity index is 942. The third-order valence-electron chi connectivity index (χ3n) is 4.88. The van der Waals surface area contributed by atoms with Gasteiger partial charge in [0.15, 0.2) is 5.82 Å². The Morgan fingerprint density at radius 2 is 1.85 bits per heavy atom. The van der Waals surface area contributed by atoms with E-state index in [1.54, 1.807) is 6.20 Å². The predicted octanol–water partition coefficient (Wildman–Crippen LogP) is 2.09. The number of carbonyl (C=O) groups excluding carboxylic acids is 1. The summed E-state index contributed by atoms with van der Waals surface area (Å²) in [6.07, 6.45) is 2.33. The smallest absolute Gasteiger partial charge is 0.226 e.